The minimum Gasteiger partial charge on any atom is -0.460 e. The smallest absolute Gasteiger partial charge is 0.134 e. The first-order chi connectivity index (χ1) is 25.2. The molecule has 4 nitrogen and oxygen atoms in total. The van der Waals surface area contributed by atoms with Crippen LogP contribution in [0.4, 0.5) is 0 Å². The average Bonchev–Trinajstić information content (AvgIpc) is 3.88. The molecule has 0 spiro atoms. The van der Waals surface area contributed by atoms with E-state index in [0.29, 0.717) is 0 Å². The zero-order chi connectivity index (χ0) is 33.5. The number of para-hydroxylation sites is 1. The third-order valence-corrected chi connectivity index (χ3v) is 13.2. The molecule has 8 aromatic rings. The van der Waals surface area contributed by atoms with Crippen molar-refractivity contribution < 1.29 is 4.42 Å². The molecule has 0 bridgehead atoms. The van der Waals surface area contributed by atoms with E-state index in [4.69, 9.17) is 9.41 Å². The second-order valence-electron chi connectivity index (χ2n) is 13.9. The molecule has 3 aliphatic rings. The van der Waals surface area contributed by atoms with Crippen molar-refractivity contribution in [1.29, 1.82) is 0 Å². The monoisotopic (exact) mass is 695 g/mol. The fraction of sp³-hybridized carbons (Fsp3) is 0.133. The number of nitrogens with zero attached hydrogens (tertiary/aromatic N) is 1. The highest BCUT2D eigenvalue weighted by molar-refractivity contribution is 7.25. The molecule has 1 aliphatic heterocycles. The van der Waals surface area contributed by atoms with Gasteiger partial charge in [0, 0.05) is 58.1 Å². The quantitative estimate of drug-likeness (QED) is 0.193. The SMILES string of the molecule is C1=Cc2c(oc3ccccc23)C(c2ccc3c4c(sc3c2)C=CC(C2NC(c3cccc5sc6ccccc6c35)=NC(c3ccccc3)N2)C4)C1. The van der Waals surface area contributed by atoms with Crippen LogP contribution < -0.4 is 10.6 Å². The molecule has 0 saturated carbocycles. The van der Waals surface area contributed by atoms with Gasteiger partial charge in [-0.1, -0.05) is 109 Å². The maximum absolute atomic E-state index is 6.47. The number of hydrogen-bond acceptors (Lipinski definition) is 6. The Labute approximate surface area is 303 Å². The van der Waals surface area contributed by atoms with E-state index >= 15 is 0 Å². The zero-order valence-corrected chi connectivity index (χ0v) is 29.3. The van der Waals surface area contributed by atoms with E-state index in [1.165, 1.54) is 62.8 Å². The second kappa shape index (κ2) is 11.6. The molecule has 4 heterocycles. The van der Waals surface area contributed by atoms with Gasteiger partial charge in [0.15, 0.2) is 0 Å². The van der Waals surface area contributed by atoms with Crippen LogP contribution in [-0.2, 0) is 6.42 Å². The third-order valence-electron chi connectivity index (χ3n) is 10.9. The van der Waals surface area contributed by atoms with Gasteiger partial charge >= 0.3 is 0 Å². The lowest BCUT2D eigenvalue weighted by Crippen LogP contribution is -2.55. The highest BCUT2D eigenvalue weighted by Gasteiger charge is 2.33. The molecule has 4 atom stereocenters. The first-order valence-electron chi connectivity index (χ1n) is 17.7. The summed E-state index contributed by atoms with van der Waals surface area (Å²) in [5, 5.41) is 12.9. The van der Waals surface area contributed by atoms with E-state index in [1.54, 1.807) is 0 Å². The molecular formula is C45H33N3OS2. The largest absolute Gasteiger partial charge is 0.460 e. The van der Waals surface area contributed by atoms with Crippen LogP contribution in [0.25, 0.3) is 53.4 Å². The van der Waals surface area contributed by atoms with E-state index in [9.17, 15) is 0 Å². The van der Waals surface area contributed by atoms with Crippen LogP contribution in [-0.4, -0.2) is 12.0 Å². The first-order valence-corrected chi connectivity index (χ1v) is 19.4. The lowest BCUT2D eigenvalue weighted by Gasteiger charge is -2.36. The Bertz CT molecular complexity index is 2750. The number of nitrogens with one attached hydrogen (secondary N) is 2. The van der Waals surface area contributed by atoms with Crippen molar-refractivity contribution in [2.24, 2.45) is 10.9 Å². The van der Waals surface area contributed by atoms with Gasteiger partial charge in [0.1, 0.15) is 23.3 Å². The van der Waals surface area contributed by atoms with Crippen LogP contribution in [0.15, 0.2) is 137 Å². The Hall–Kier alpha value is -5.27. The predicted octanol–water partition coefficient (Wildman–Crippen LogP) is 11.4. The number of allylic oxidation sites excluding steroid dienone is 1. The Morgan fingerprint density at radius 2 is 1.55 bits per heavy atom. The molecule has 5 aromatic carbocycles. The minimum absolute atomic E-state index is 0.00187. The van der Waals surface area contributed by atoms with E-state index < -0.39 is 0 Å². The number of thiophene rings is 2. The molecule has 6 heteroatoms. The molecule has 3 aromatic heterocycles. The van der Waals surface area contributed by atoms with Gasteiger partial charge in [-0.2, -0.15) is 0 Å². The van der Waals surface area contributed by atoms with E-state index in [2.05, 4.69) is 150 Å². The van der Waals surface area contributed by atoms with Gasteiger partial charge < -0.3 is 9.73 Å². The number of fused-ring (bicyclic) bond motifs is 9. The van der Waals surface area contributed by atoms with E-state index in [0.717, 1.165) is 35.6 Å². The summed E-state index contributed by atoms with van der Waals surface area (Å²) in [6.07, 6.45) is 11.0. The van der Waals surface area contributed by atoms with Crippen molar-refractivity contribution in [3.8, 4) is 0 Å². The highest BCUT2D eigenvalue weighted by Crippen LogP contribution is 2.44. The van der Waals surface area contributed by atoms with Crippen molar-refractivity contribution in [2.75, 3.05) is 0 Å². The standard InChI is InChI=1S/C45H33N3OS2/c1-2-10-26(11-3-1)43-46-44(48-45(47-43)34-16-9-19-39-41(34)33-13-5-7-18-37(33)50-39)28-21-23-38-35(24-28)31-22-20-27(25-40(31)51-38)29-14-8-15-32-30-12-4-6-17-36(30)49-42(29)32/h1-13,15-23,25,28-29,43-44,46H,14,24H2,(H,47,48). The molecule has 51 heavy (non-hydrogen) atoms. The Morgan fingerprint density at radius 3 is 2.49 bits per heavy atom. The normalized spacial score (nSPS) is 21.2. The van der Waals surface area contributed by atoms with Crippen molar-refractivity contribution in [3.05, 3.63) is 166 Å². The maximum Gasteiger partial charge on any atom is 0.134 e. The molecule has 11 rings (SSSR count). The van der Waals surface area contributed by atoms with Crippen molar-refractivity contribution in [3.63, 3.8) is 0 Å². The number of benzene rings is 5. The average molecular weight is 696 g/mol. The minimum atomic E-state index is -0.156. The molecule has 0 fully saturated rings. The van der Waals surface area contributed by atoms with Crippen LogP contribution in [0.3, 0.4) is 0 Å². The van der Waals surface area contributed by atoms with Gasteiger partial charge in [-0.25, -0.2) is 4.99 Å². The van der Waals surface area contributed by atoms with Crippen LogP contribution in [0.2, 0.25) is 0 Å². The van der Waals surface area contributed by atoms with Crippen LogP contribution in [0, 0.1) is 5.92 Å². The molecule has 246 valence electrons. The summed E-state index contributed by atoms with van der Waals surface area (Å²) in [6.45, 7) is 0. The number of aliphatic imine (C=N–C) groups is 1. The third kappa shape index (κ3) is 4.78. The van der Waals surface area contributed by atoms with Crippen LogP contribution >= 0.6 is 22.7 Å². The van der Waals surface area contributed by atoms with Gasteiger partial charge in [0.2, 0.25) is 0 Å². The number of hydrogen-bond donors (Lipinski definition) is 2. The molecule has 0 amide bonds. The topological polar surface area (TPSA) is 49.6 Å². The fourth-order valence-electron chi connectivity index (χ4n) is 8.44. The predicted molar refractivity (Wildman–Crippen MR) is 215 cm³/mol. The molecular weight excluding hydrogens is 663 g/mol. The molecule has 0 radical (unpaired) electrons. The summed E-state index contributed by atoms with van der Waals surface area (Å²) in [7, 11) is 0. The van der Waals surface area contributed by atoms with Crippen LogP contribution in [0.1, 0.15) is 57.0 Å². The van der Waals surface area contributed by atoms with Crippen molar-refractivity contribution in [1.82, 2.24) is 10.6 Å². The summed E-state index contributed by atoms with van der Waals surface area (Å²) in [4.78, 5) is 6.70. The molecule has 2 N–H and O–H groups in total. The lowest BCUT2D eigenvalue weighted by molar-refractivity contribution is 0.327. The summed E-state index contributed by atoms with van der Waals surface area (Å²) < 4.78 is 10.4. The van der Waals surface area contributed by atoms with Gasteiger partial charge in [0.25, 0.3) is 0 Å². The zero-order valence-electron chi connectivity index (χ0n) is 27.7. The van der Waals surface area contributed by atoms with Crippen molar-refractivity contribution in [2.45, 2.75) is 31.1 Å². The lowest BCUT2D eigenvalue weighted by atomic mass is 9.85. The number of rotatable bonds is 4. The molecule has 4 unspecified atom stereocenters. The molecule has 2 aliphatic carbocycles. The summed E-state index contributed by atoms with van der Waals surface area (Å²) in [5.41, 5.74) is 7.29. The Balaban J connectivity index is 0.940. The highest BCUT2D eigenvalue weighted by atomic mass is 32.1. The number of furan rings is 1. The Kier molecular flexibility index (Phi) is 6.72. The maximum atomic E-state index is 6.47. The Morgan fingerprint density at radius 1 is 0.706 bits per heavy atom. The summed E-state index contributed by atoms with van der Waals surface area (Å²) in [6, 6.07) is 41.5. The van der Waals surface area contributed by atoms with Gasteiger partial charge in [-0.3, -0.25) is 5.32 Å². The summed E-state index contributed by atoms with van der Waals surface area (Å²) in [5.74, 6) is 2.50. The van der Waals surface area contributed by atoms with Crippen molar-refractivity contribution >= 4 is 81.9 Å². The van der Waals surface area contributed by atoms with Gasteiger partial charge in [0.05, 0.1) is 6.17 Å². The summed E-state index contributed by atoms with van der Waals surface area (Å²) >= 11 is 3.76. The fourth-order valence-corrected chi connectivity index (χ4v) is 10.8. The molecule has 0 saturated heterocycles. The van der Waals surface area contributed by atoms with Gasteiger partial charge in [-0.15, -0.1) is 22.7 Å². The first kappa shape index (κ1) is 29.5. The second-order valence-corrected chi connectivity index (χ2v) is 16.0. The van der Waals surface area contributed by atoms with Crippen LogP contribution in [0.5, 0.6) is 0 Å². The van der Waals surface area contributed by atoms with E-state index in [1.807, 2.05) is 22.7 Å². The van der Waals surface area contributed by atoms with Gasteiger partial charge in [-0.05, 0) is 65.3 Å². The number of amidine groups is 1. The van der Waals surface area contributed by atoms with E-state index in [-0.39, 0.29) is 24.2 Å².